The Kier molecular flexibility index (Phi) is 5.39. The van der Waals surface area contributed by atoms with Gasteiger partial charge in [-0.2, -0.15) is 4.99 Å². The number of nitrogens with zero attached hydrogens (tertiary/aromatic N) is 2. The van der Waals surface area contributed by atoms with Gasteiger partial charge in [0.2, 0.25) is 0 Å². The van der Waals surface area contributed by atoms with E-state index in [2.05, 4.69) is 9.89 Å². The summed E-state index contributed by atoms with van der Waals surface area (Å²) >= 11 is 1.50. The molecule has 0 radical (unpaired) electrons. The van der Waals surface area contributed by atoms with Crippen LogP contribution in [0.5, 0.6) is 5.75 Å². The molecule has 2 aliphatic rings. The topological polar surface area (TPSA) is 41.9 Å². The van der Waals surface area contributed by atoms with Crippen molar-refractivity contribution in [1.29, 1.82) is 0 Å². The predicted molar refractivity (Wildman–Crippen MR) is 95.7 cm³/mol. The summed E-state index contributed by atoms with van der Waals surface area (Å²) in [6.07, 6.45) is 6.84. The Hall–Kier alpha value is -1.75. The highest BCUT2D eigenvalue weighted by molar-refractivity contribution is 8.18. The number of benzene rings is 1. The summed E-state index contributed by atoms with van der Waals surface area (Å²) < 4.78 is 5.44. The molecule has 1 aromatic carbocycles. The second kappa shape index (κ2) is 7.68. The molecule has 5 heteroatoms. The van der Waals surface area contributed by atoms with Crippen molar-refractivity contribution < 1.29 is 9.53 Å². The quantitative estimate of drug-likeness (QED) is 0.788. The summed E-state index contributed by atoms with van der Waals surface area (Å²) in [5.74, 6) is 0.727. The van der Waals surface area contributed by atoms with E-state index in [-0.39, 0.29) is 5.91 Å². The van der Waals surface area contributed by atoms with Crippen molar-refractivity contribution in [2.75, 3.05) is 19.7 Å². The molecule has 0 atom stereocenters. The fourth-order valence-corrected chi connectivity index (χ4v) is 3.74. The lowest BCUT2D eigenvalue weighted by atomic mass is 10.2. The number of hydrogen-bond acceptors (Lipinski definition) is 4. The minimum atomic E-state index is -0.122. The first-order chi connectivity index (χ1) is 11.3. The summed E-state index contributed by atoms with van der Waals surface area (Å²) in [4.78, 5) is 19.4. The molecule has 3 rings (SSSR count). The first-order valence-electron chi connectivity index (χ1n) is 8.26. The van der Waals surface area contributed by atoms with Crippen LogP contribution in [-0.2, 0) is 4.79 Å². The fourth-order valence-electron chi connectivity index (χ4n) is 2.77. The third-order valence-corrected chi connectivity index (χ3v) is 5.02. The second-order valence-electron chi connectivity index (χ2n) is 5.71. The van der Waals surface area contributed by atoms with E-state index in [0.29, 0.717) is 11.5 Å². The number of ether oxygens (including phenoxy) is 1. The summed E-state index contributed by atoms with van der Waals surface area (Å²) in [7, 11) is 0. The Morgan fingerprint density at radius 1 is 1.17 bits per heavy atom. The molecule has 1 amide bonds. The predicted octanol–water partition coefficient (Wildman–Crippen LogP) is 3.93. The van der Waals surface area contributed by atoms with Gasteiger partial charge < -0.3 is 9.64 Å². The number of amidine groups is 1. The van der Waals surface area contributed by atoms with Crippen LogP contribution in [0.15, 0.2) is 34.2 Å². The minimum absolute atomic E-state index is 0.122. The highest BCUT2D eigenvalue weighted by atomic mass is 32.2. The first kappa shape index (κ1) is 16.1. The summed E-state index contributed by atoms with van der Waals surface area (Å²) in [6.45, 7) is 4.64. The summed E-state index contributed by atoms with van der Waals surface area (Å²) in [6, 6.07) is 7.79. The van der Waals surface area contributed by atoms with Crippen LogP contribution in [0.2, 0.25) is 0 Å². The molecule has 1 aromatic rings. The zero-order valence-electron chi connectivity index (χ0n) is 13.5. The molecule has 1 fully saturated rings. The molecule has 2 aliphatic heterocycles. The van der Waals surface area contributed by atoms with Gasteiger partial charge in [-0.15, -0.1) is 0 Å². The van der Waals surface area contributed by atoms with E-state index >= 15 is 0 Å². The molecule has 0 spiro atoms. The SMILES string of the molecule is CCOc1ccc(/C=C2/SC(N3CCCCCC3)=NC2=O)cc1. The van der Waals surface area contributed by atoms with Crippen LogP contribution < -0.4 is 4.74 Å². The van der Waals surface area contributed by atoms with Crippen LogP contribution >= 0.6 is 11.8 Å². The maximum Gasteiger partial charge on any atom is 0.286 e. The Morgan fingerprint density at radius 2 is 1.87 bits per heavy atom. The zero-order chi connectivity index (χ0) is 16.1. The third-order valence-electron chi connectivity index (χ3n) is 3.97. The molecule has 122 valence electrons. The van der Waals surface area contributed by atoms with Gasteiger partial charge in [0, 0.05) is 13.1 Å². The van der Waals surface area contributed by atoms with Gasteiger partial charge >= 0.3 is 0 Å². The Morgan fingerprint density at radius 3 is 2.52 bits per heavy atom. The van der Waals surface area contributed by atoms with E-state index in [1.54, 1.807) is 0 Å². The van der Waals surface area contributed by atoms with Crippen LogP contribution in [0.25, 0.3) is 6.08 Å². The average molecular weight is 330 g/mol. The van der Waals surface area contributed by atoms with Crippen molar-refractivity contribution >= 4 is 28.9 Å². The highest BCUT2D eigenvalue weighted by Gasteiger charge is 2.26. The van der Waals surface area contributed by atoms with E-state index in [4.69, 9.17) is 4.74 Å². The second-order valence-corrected chi connectivity index (χ2v) is 6.72. The van der Waals surface area contributed by atoms with Crippen LogP contribution in [-0.4, -0.2) is 35.7 Å². The smallest absolute Gasteiger partial charge is 0.286 e. The van der Waals surface area contributed by atoms with Gasteiger partial charge in [-0.25, -0.2) is 0 Å². The molecule has 1 saturated heterocycles. The lowest BCUT2D eigenvalue weighted by molar-refractivity contribution is -0.113. The Balaban J connectivity index is 1.68. The Labute approximate surface area is 141 Å². The monoisotopic (exact) mass is 330 g/mol. The van der Waals surface area contributed by atoms with E-state index < -0.39 is 0 Å². The standard InChI is InChI=1S/C18H22N2O2S/c1-2-22-15-9-7-14(8-10-15)13-16-17(21)19-18(23-16)20-11-5-3-4-6-12-20/h7-10,13H,2-6,11-12H2,1H3/b16-13+. The maximum absolute atomic E-state index is 12.2. The summed E-state index contributed by atoms with van der Waals surface area (Å²) in [5.41, 5.74) is 0.997. The van der Waals surface area contributed by atoms with Gasteiger partial charge in [-0.3, -0.25) is 4.79 Å². The van der Waals surface area contributed by atoms with Gasteiger partial charge in [-0.1, -0.05) is 25.0 Å². The number of carbonyl (C=O) groups is 1. The minimum Gasteiger partial charge on any atom is -0.494 e. The highest BCUT2D eigenvalue weighted by Crippen LogP contribution is 2.31. The molecule has 0 aliphatic carbocycles. The molecular formula is C18H22N2O2S. The molecular weight excluding hydrogens is 308 g/mol. The van der Waals surface area contributed by atoms with Crippen molar-refractivity contribution in [1.82, 2.24) is 4.90 Å². The number of amides is 1. The van der Waals surface area contributed by atoms with Gasteiger partial charge in [0.25, 0.3) is 5.91 Å². The molecule has 0 aromatic heterocycles. The van der Waals surface area contributed by atoms with Crippen molar-refractivity contribution in [2.24, 2.45) is 4.99 Å². The van der Waals surface area contributed by atoms with Crippen LogP contribution in [0.1, 0.15) is 38.2 Å². The lowest BCUT2D eigenvalue weighted by Crippen LogP contribution is -2.28. The van der Waals surface area contributed by atoms with Crippen molar-refractivity contribution in [3.05, 3.63) is 34.7 Å². The van der Waals surface area contributed by atoms with Crippen LogP contribution in [0.3, 0.4) is 0 Å². The Bertz CT molecular complexity index is 614. The van der Waals surface area contributed by atoms with Crippen molar-refractivity contribution in [3.8, 4) is 5.75 Å². The zero-order valence-corrected chi connectivity index (χ0v) is 14.3. The molecule has 23 heavy (non-hydrogen) atoms. The average Bonchev–Trinajstić information content (AvgIpc) is 2.78. The van der Waals surface area contributed by atoms with Crippen LogP contribution in [0, 0.1) is 0 Å². The van der Waals surface area contributed by atoms with Crippen molar-refractivity contribution in [2.45, 2.75) is 32.6 Å². The molecule has 0 N–H and O–H groups in total. The first-order valence-corrected chi connectivity index (χ1v) is 9.08. The number of hydrogen-bond donors (Lipinski definition) is 0. The molecule has 4 nitrogen and oxygen atoms in total. The van der Waals surface area contributed by atoms with Gasteiger partial charge in [0.1, 0.15) is 5.75 Å². The molecule has 0 saturated carbocycles. The number of thioether (sulfide) groups is 1. The number of likely N-dealkylation sites (tertiary alicyclic amines) is 1. The third kappa shape index (κ3) is 4.16. The van der Waals surface area contributed by atoms with Gasteiger partial charge in [-0.05, 0) is 55.3 Å². The number of carbonyl (C=O) groups excluding carboxylic acids is 1. The lowest BCUT2D eigenvalue weighted by Gasteiger charge is -2.20. The van der Waals surface area contributed by atoms with Crippen LogP contribution in [0.4, 0.5) is 0 Å². The molecule has 0 bridgehead atoms. The van der Waals surface area contributed by atoms with E-state index in [1.807, 2.05) is 37.3 Å². The van der Waals surface area contributed by atoms with Gasteiger partial charge in [0.15, 0.2) is 5.17 Å². The maximum atomic E-state index is 12.2. The van der Waals surface area contributed by atoms with E-state index in [0.717, 1.165) is 29.6 Å². The number of aliphatic imine (C=N–C) groups is 1. The van der Waals surface area contributed by atoms with E-state index in [9.17, 15) is 4.79 Å². The number of rotatable bonds is 3. The molecule has 0 unspecified atom stereocenters. The van der Waals surface area contributed by atoms with E-state index in [1.165, 1.54) is 37.4 Å². The summed E-state index contributed by atoms with van der Waals surface area (Å²) in [5, 5.41) is 0.870. The van der Waals surface area contributed by atoms with Crippen molar-refractivity contribution in [3.63, 3.8) is 0 Å². The normalized spacial score (nSPS) is 20.6. The van der Waals surface area contributed by atoms with Gasteiger partial charge in [0.05, 0.1) is 11.5 Å². The largest absolute Gasteiger partial charge is 0.494 e. The fraction of sp³-hybridized carbons (Fsp3) is 0.444. The molecule has 2 heterocycles.